The second kappa shape index (κ2) is 7.72. The van der Waals surface area contributed by atoms with E-state index in [-0.39, 0.29) is 11.3 Å². The molecular formula is C18H34N4O2. The Hall–Kier alpha value is -1.30. The van der Waals surface area contributed by atoms with Crippen LogP contribution in [0.2, 0.25) is 0 Å². The van der Waals surface area contributed by atoms with E-state index in [0.717, 1.165) is 32.1 Å². The molecule has 1 saturated carbocycles. The van der Waals surface area contributed by atoms with Crippen LogP contribution in [0.3, 0.4) is 0 Å². The number of fused-ring (bicyclic) bond motifs is 1. The monoisotopic (exact) mass is 338 g/mol. The second-order valence-electron chi connectivity index (χ2n) is 7.41. The molecule has 3 unspecified atom stereocenters. The highest BCUT2D eigenvalue weighted by Crippen LogP contribution is 2.52. The number of nitrogens with zero attached hydrogens (tertiary/aromatic N) is 3. The number of amides is 1. The molecule has 1 saturated heterocycles. The van der Waals surface area contributed by atoms with Gasteiger partial charge in [0.05, 0.1) is 12.6 Å². The van der Waals surface area contributed by atoms with Crippen LogP contribution >= 0.6 is 0 Å². The molecule has 0 bridgehead atoms. The zero-order valence-corrected chi connectivity index (χ0v) is 16.1. The normalized spacial score (nSPS) is 28.1. The van der Waals surface area contributed by atoms with Gasteiger partial charge in [-0.1, -0.05) is 13.8 Å². The summed E-state index contributed by atoms with van der Waals surface area (Å²) in [5.41, 5.74) is 0.0966. The van der Waals surface area contributed by atoms with Gasteiger partial charge in [0, 0.05) is 50.7 Å². The van der Waals surface area contributed by atoms with Crippen molar-refractivity contribution >= 4 is 11.9 Å². The first kappa shape index (κ1) is 19.0. The molecule has 2 aliphatic rings. The van der Waals surface area contributed by atoms with E-state index in [0.29, 0.717) is 31.2 Å². The fraction of sp³-hybridized carbons (Fsp3) is 0.889. The highest BCUT2D eigenvalue weighted by molar-refractivity contribution is 5.86. The Kier molecular flexibility index (Phi) is 6.12. The first-order chi connectivity index (χ1) is 11.4. The number of hydrogen-bond donors (Lipinski definition) is 1. The minimum Gasteiger partial charge on any atom is -0.377 e. The van der Waals surface area contributed by atoms with Crippen LogP contribution in [0, 0.1) is 11.3 Å². The largest absolute Gasteiger partial charge is 0.377 e. The van der Waals surface area contributed by atoms with Crippen molar-refractivity contribution in [3.05, 3.63) is 0 Å². The Morgan fingerprint density at radius 1 is 1.29 bits per heavy atom. The summed E-state index contributed by atoms with van der Waals surface area (Å²) >= 11 is 0. The molecule has 0 aromatic rings. The van der Waals surface area contributed by atoms with Crippen molar-refractivity contribution in [3.8, 4) is 0 Å². The highest BCUT2D eigenvalue weighted by Gasteiger charge is 2.59. The maximum absolute atomic E-state index is 12.4. The molecule has 3 atom stereocenters. The topological polar surface area (TPSA) is 57.2 Å². The molecule has 0 aromatic carbocycles. The number of ether oxygens (including phenoxy) is 1. The smallest absolute Gasteiger partial charge is 0.242 e. The van der Waals surface area contributed by atoms with Gasteiger partial charge in [0.1, 0.15) is 0 Å². The van der Waals surface area contributed by atoms with Crippen molar-refractivity contribution in [1.29, 1.82) is 0 Å². The fourth-order valence-electron chi connectivity index (χ4n) is 4.14. The lowest BCUT2D eigenvalue weighted by Crippen LogP contribution is -2.68. The number of aliphatic imine (C=N–C) groups is 1. The van der Waals surface area contributed by atoms with Gasteiger partial charge >= 0.3 is 0 Å². The lowest BCUT2D eigenvalue weighted by molar-refractivity contribution is -0.131. The Balaban J connectivity index is 2.02. The number of carbonyl (C=O) groups is 1. The maximum atomic E-state index is 12.4. The molecule has 24 heavy (non-hydrogen) atoms. The predicted molar refractivity (Wildman–Crippen MR) is 97.1 cm³/mol. The predicted octanol–water partition coefficient (Wildman–Crippen LogP) is 1.57. The van der Waals surface area contributed by atoms with Gasteiger partial charge in [-0.25, -0.2) is 0 Å². The van der Waals surface area contributed by atoms with Crippen molar-refractivity contribution in [2.75, 3.05) is 39.8 Å². The van der Waals surface area contributed by atoms with Gasteiger partial charge in [-0.2, -0.15) is 0 Å². The molecule has 0 aromatic heterocycles. The number of rotatable bonds is 6. The van der Waals surface area contributed by atoms with Crippen LogP contribution in [-0.2, 0) is 9.53 Å². The number of hydrogen-bond acceptors (Lipinski definition) is 3. The number of nitrogens with one attached hydrogen (secondary N) is 1. The van der Waals surface area contributed by atoms with E-state index in [2.05, 4.69) is 24.2 Å². The molecule has 0 radical (unpaired) electrons. The van der Waals surface area contributed by atoms with E-state index in [1.807, 2.05) is 37.6 Å². The minimum atomic E-state index is 0.0966. The van der Waals surface area contributed by atoms with E-state index in [1.54, 1.807) is 0 Å². The summed E-state index contributed by atoms with van der Waals surface area (Å²) in [5, 5.41) is 3.62. The van der Waals surface area contributed by atoms with E-state index >= 15 is 0 Å². The van der Waals surface area contributed by atoms with Crippen LogP contribution in [0.25, 0.3) is 0 Å². The summed E-state index contributed by atoms with van der Waals surface area (Å²) in [5.74, 6) is 1.51. The lowest BCUT2D eigenvalue weighted by Gasteiger charge is -2.55. The molecule has 1 amide bonds. The van der Waals surface area contributed by atoms with Gasteiger partial charge in [0.15, 0.2) is 5.96 Å². The molecule has 2 rings (SSSR count). The first-order valence-corrected chi connectivity index (χ1v) is 9.28. The van der Waals surface area contributed by atoms with Gasteiger partial charge in [-0.3, -0.25) is 9.79 Å². The highest BCUT2D eigenvalue weighted by atomic mass is 16.5. The molecule has 6 heteroatoms. The molecule has 1 aliphatic carbocycles. The third-order valence-electron chi connectivity index (χ3n) is 5.54. The summed E-state index contributed by atoms with van der Waals surface area (Å²) in [6.07, 6.45) is 1.45. The lowest BCUT2D eigenvalue weighted by atomic mass is 9.57. The number of guanidine groups is 1. The van der Waals surface area contributed by atoms with Crippen LogP contribution in [0.15, 0.2) is 4.99 Å². The van der Waals surface area contributed by atoms with E-state index in [1.165, 1.54) is 0 Å². The Labute approximate surface area is 146 Å². The SMILES string of the molecule is CCN=C(NC1C2CCOC2C1(C)C)N(C)CC(=O)N(CC)CC. The Morgan fingerprint density at radius 3 is 2.54 bits per heavy atom. The molecule has 1 heterocycles. The van der Waals surface area contributed by atoms with Crippen molar-refractivity contribution < 1.29 is 9.53 Å². The summed E-state index contributed by atoms with van der Waals surface area (Å²) < 4.78 is 5.87. The molecule has 6 nitrogen and oxygen atoms in total. The van der Waals surface area contributed by atoms with Crippen LogP contribution in [-0.4, -0.2) is 73.6 Å². The van der Waals surface area contributed by atoms with Gasteiger partial charge < -0.3 is 19.9 Å². The van der Waals surface area contributed by atoms with Crippen LogP contribution in [0.4, 0.5) is 0 Å². The second-order valence-corrected chi connectivity index (χ2v) is 7.41. The van der Waals surface area contributed by atoms with E-state index in [9.17, 15) is 4.79 Å². The van der Waals surface area contributed by atoms with E-state index in [4.69, 9.17) is 4.74 Å². The Bertz CT molecular complexity index is 474. The standard InChI is InChI=1S/C18H34N4O2/c1-7-19-17(21(6)12-14(23)22(8-2)9-3)20-15-13-10-11-24-16(13)18(15,4)5/h13,15-16H,7-12H2,1-6H3,(H,19,20). The average Bonchev–Trinajstić information content (AvgIpc) is 2.99. The first-order valence-electron chi connectivity index (χ1n) is 9.28. The Morgan fingerprint density at radius 2 is 1.96 bits per heavy atom. The number of carbonyl (C=O) groups excluding carboxylic acids is 1. The molecule has 1 N–H and O–H groups in total. The van der Waals surface area contributed by atoms with Crippen LogP contribution < -0.4 is 5.32 Å². The quantitative estimate of drug-likeness (QED) is 0.590. The van der Waals surface area contributed by atoms with Crippen LogP contribution in [0.5, 0.6) is 0 Å². The van der Waals surface area contributed by atoms with Crippen molar-refractivity contribution in [2.45, 2.75) is 53.2 Å². The zero-order valence-electron chi connectivity index (χ0n) is 16.1. The minimum absolute atomic E-state index is 0.0966. The zero-order chi connectivity index (χ0) is 17.9. The molecular weight excluding hydrogens is 304 g/mol. The molecule has 1 aliphatic heterocycles. The van der Waals surface area contributed by atoms with Crippen molar-refractivity contribution in [1.82, 2.24) is 15.1 Å². The van der Waals surface area contributed by atoms with Gasteiger partial charge in [0.25, 0.3) is 0 Å². The summed E-state index contributed by atoms with van der Waals surface area (Å²) in [7, 11) is 1.94. The average molecular weight is 338 g/mol. The van der Waals surface area contributed by atoms with Crippen LogP contribution in [0.1, 0.15) is 41.0 Å². The fourth-order valence-corrected chi connectivity index (χ4v) is 4.14. The summed E-state index contributed by atoms with van der Waals surface area (Å²) in [6, 6.07) is 0.348. The maximum Gasteiger partial charge on any atom is 0.242 e. The number of likely N-dealkylation sites (N-methyl/N-ethyl adjacent to an activating group) is 2. The molecule has 138 valence electrons. The molecule has 2 fully saturated rings. The summed E-state index contributed by atoms with van der Waals surface area (Å²) in [6.45, 7) is 13.9. The van der Waals surface area contributed by atoms with E-state index < -0.39 is 0 Å². The van der Waals surface area contributed by atoms with Gasteiger partial charge in [-0.15, -0.1) is 0 Å². The van der Waals surface area contributed by atoms with Gasteiger partial charge in [-0.05, 0) is 27.2 Å². The van der Waals surface area contributed by atoms with Gasteiger partial charge in [0.2, 0.25) is 5.91 Å². The van der Waals surface area contributed by atoms with Crippen molar-refractivity contribution in [3.63, 3.8) is 0 Å². The molecule has 0 spiro atoms. The third-order valence-corrected chi connectivity index (χ3v) is 5.54. The third kappa shape index (κ3) is 3.53. The summed E-state index contributed by atoms with van der Waals surface area (Å²) in [4.78, 5) is 20.8. The van der Waals surface area contributed by atoms with Crippen molar-refractivity contribution in [2.24, 2.45) is 16.3 Å².